The summed E-state index contributed by atoms with van der Waals surface area (Å²) in [6.07, 6.45) is 9.65. The van der Waals surface area contributed by atoms with Crippen molar-refractivity contribution in [1.82, 2.24) is 24.7 Å². The van der Waals surface area contributed by atoms with Gasteiger partial charge in [-0.05, 0) is 54.5 Å². The highest BCUT2D eigenvalue weighted by molar-refractivity contribution is 7.75. The second-order valence-electron chi connectivity index (χ2n) is 12.3. The molecule has 43 heavy (non-hydrogen) atoms. The number of carbonyl (C=O) groups is 2. The number of benzene rings is 2. The molecule has 3 aliphatic rings. The summed E-state index contributed by atoms with van der Waals surface area (Å²) >= 11 is 7.47. The van der Waals surface area contributed by atoms with Crippen molar-refractivity contribution in [3.05, 3.63) is 70.2 Å². The van der Waals surface area contributed by atoms with Gasteiger partial charge in [0.05, 0.1) is 18.5 Å². The molecule has 0 spiro atoms. The lowest BCUT2D eigenvalue weighted by Crippen LogP contribution is -2.59. The van der Waals surface area contributed by atoms with Crippen LogP contribution in [0.15, 0.2) is 48.5 Å². The van der Waals surface area contributed by atoms with Gasteiger partial charge in [-0.25, -0.2) is 0 Å². The third kappa shape index (κ3) is 8.54. The number of rotatable bonds is 12. The van der Waals surface area contributed by atoms with Gasteiger partial charge < -0.3 is 15.5 Å². The number of hydrogen-bond acceptors (Lipinski definition) is 5. The lowest BCUT2D eigenvalue weighted by atomic mass is 9.83. The van der Waals surface area contributed by atoms with Gasteiger partial charge in [-0.3, -0.25) is 14.5 Å². The van der Waals surface area contributed by atoms with Crippen LogP contribution in [0, 0.1) is 5.92 Å². The molecule has 0 aromatic heterocycles. The van der Waals surface area contributed by atoms with Gasteiger partial charge in [-0.15, -0.1) is 4.31 Å². The van der Waals surface area contributed by atoms with Crippen molar-refractivity contribution in [2.24, 2.45) is 5.92 Å². The van der Waals surface area contributed by atoms with E-state index >= 15 is 0 Å². The van der Waals surface area contributed by atoms with Gasteiger partial charge in [0, 0.05) is 69.2 Å². The molecule has 3 atom stereocenters. The second kappa shape index (κ2) is 15.8. The summed E-state index contributed by atoms with van der Waals surface area (Å²) in [5.74, 6) is 0.646. The zero-order valence-electron chi connectivity index (χ0n) is 25.8. The Morgan fingerprint density at radius 1 is 1.05 bits per heavy atom. The van der Waals surface area contributed by atoms with Gasteiger partial charge in [0.15, 0.2) is 0 Å². The van der Waals surface area contributed by atoms with Crippen LogP contribution in [-0.2, 0) is 34.5 Å². The quantitative estimate of drug-likeness (QED) is 0.271. The number of fused-ring (bicyclic) bond motifs is 1. The van der Waals surface area contributed by atoms with Gasteiger partial charge in [-0.2, -0.15) is 0 Å². The van der Waals surface area contributed by atoms with E-state index in [0.717, 1.165) is 44.2 Å². The largest absolute Gasteiger partial charge is 0.344 e. The number of likely N-dealkylation sites (N-methyl/N-ethyl adjacent to an activating group) is 1. The summed E-state index contributed by atoms with van der Waals surface area (Å²) in [4.78, 5) is 32.0. The van der Waals surface area contributed by atoms with E-state index in [9.17, 15) is 9.59 Å². The van der Waals surface area contributed by atoms with Crippen LogP contribution in [0.25, 0.3) is 0 Å². The van der Waals surface area contributed by atoms with Crippen LogP contribution in [0.3, 0.4) is 0 Å². The van der Waals surface area contributed by atoms with Gasteiger partial charge in [0.25, 0.3) is 0 Å². The van der Waals surface area contributed by atoms with E-state index in [1.165, 1.54) is 55.2 Å². The maximum Gasteiger partial charge on any atom is 0.245 e. The first-order valence-electron chi connectivity index (χ1n) is 16.2. The molecule has 1 saturated heterocycles. The van der Waals surface area contributed by atoms with Crippen molar-refractivity contribution < 1.29 is 9.59 Å². The maximum absolute atomic E-state index is 14.0. The third-order valence-corrected chi connectivity index (χ3v) is 10.9. The highest BCUT2D eigenvalue weighted by Crippen LogP contribution is 2.31. The normalized spacial score (nSPS) is 21.0. The lowest BCUT2D eigenvalue weighted by molar-refractivity contribution is -0.138. The number of nitrogens with one attached hydrogen (secondary N) is 2. The molecule has 2 aliphatic heterocycles. The average Bonchev–Trinajstić information content (AvgIpc) is 3.45. The fourth-order valence-electron chi connectivity index (χ4n) is 7.20. The first-order chi connectivity index (χ1) is 20.9. The van der Waals surface area contributed by atoms with E-state index in [1.807, 2.05) is 41.3 Å². The van der Waals surface area contributed by atoms with Crippen LogP contribution in [0.4, 0.5) is 0 Å². The van der Waals surface area contributed by atoms with Crippen LogP contribution >= 0.6 is 11.6 Å². The van der Waals surface area contributed by atoms with E-state index in [2.05, 4.69) is 45.2 Å². The third-order valence-electron chi connectivity index (χ3n) is 9.68. The summed E-state index contributed by atoms with van der Waals surface area (Å²) < 4.78 is 2.53. The number of amides is 2. The van der Waals surface area contributed by atoms with Crippen molar-refractivity contribution in [3.63, 3.8) is 0 Å². The molecule has 0 radical (unpaired) electrons. The number of hydrogen-bond donors (Lipinski definition) is 2. The Labute approximate surface area is 267 Å². The summed E-state index contributed by atoms with van der Waals surface area (Å²) in [5, 5.41) is 7.26. The molecule has 7 nitrogen and oxygen atoms in total. The molecule has 2 aromatic rings. The maximum atomic E-state index is 14.0. The molecule has 5 rings (SSSR count). The molecule has 2 amide bonds. The predicted molar refractivity (Wildman–Crippen MR) is 178 cm³/mol. The summed E-state index contributed by atoms with van der Waals surface area (Å²) in [7, 11) is 0. The van der Waals surface area contributed by atoms with Gasteiger partial charge in [0.1, 0.15) is 12.3 Å². The first-order valence-corrected chi connectivity index (χ1v) is 17.8. The van der Waals surface area contributed by atoms with Crippen molar-refractivity contribution in [3.8, 4) is 0 Å². The van der Waals surface area contributed by atoms with Crippen LogP contribution < -0.4 is 10.6 Å². The topological polar surface area (TPSA) is 67.9 Å². The Kier molecular flexibility index (Phi) is 11.8. The molecule has 2 fully saturated rings. The Hall–Kier alpha value is -2.10. The molecule has 1 saturated carbocycles. The fraction of sp³-hybridized carbons (Fsp3) is 0.588. The van der Waals surface area contributed by atoms with E-state index in [1.54, 1.807) is 0 Å². The van der Waals surface area contributed by atoms with Crippen LogP contribution in [-0.4, -0.2) is 83.5 Å². The van der Waals surface area contributed by atoms with E-state index in [4.69, 9.17) is 11.6 Å². The minimum absolute atomic E-state index is 0.0132. The van der Waals surface area contributed by atoms with Gasteiger partial charge in [-0.1, -0.05) is 67.3 Å². The van der Waals surface area contributed by atoms with E-state index < -0.39 is 6.04 Å². The van der Waals surface area contributed by atoms with E-state index in [0.29, 0.717) is 37.0 Å². The molecule has 1 aliphatic carbocycles. The second-order valence-corrected chi connectivity index (χ2v) is 13.7. The highest BCUT2D eigenvalue weighted by Gasteiger charge is 2.36. The zero-order chi connectivity index (χ0) is 30.2. The summed E-state index contributed by atoms with van der Waals surface area (Å²) in [6.45, 7) is 8.34. The molecule has 2 heterocycles. The fourth-order valence-corrected chi connectivity index (χ4v) is 7.94. The van der Waals surface area contributed by atoms with Crippen LogP contribution in [0.2, 0.25) is 5.02 Å². The molecule has 9 heteroatoms. The Balaban J connectivity index is 1.24. The van der Waals surface area contributed by atoms with Crippen molar-refractivity contribution in [1.29, 1.82) is 0 Å². The van der Waals surface area contributed by atoms with Crippen molar-refractivity contribution in [2.45, 2.75) is 76.5 Å². The zero-order valence-corrected chi connectivity index (χ0v) is 27.5. The number of halogens is 1. The standard InChI is InChI=1S/C34H48ClN5O2S/c1-3-40(43-2)24-32(26-9-5-4-6-10-26)38-17-19-39(20-18-38)34(42)31(21-25-13-15-28(35)16-14-25)37-33(41)22-30-29-12-8-7-11-27(29)23-36-30/h7-8,11-16,26,30-32,36H,3-6,9-10,17-24H2,1-2H3,(H,37,41)/p+1. The molecular weight excluding hydrogens is 578 g/mol. The van der Waals surface area contributed by atoms with E-state index in [-0.39, 0.29) is 17.9 Å². The minimum Gasteiger partial charge on any atom is -0.344 e. The molecule has 2 aromatic carbocycles. The summed E-state index contributed by atoms with van der Waals surface area (Å²) in [6, 6.07) is 15.7. The molecule has 0 bridgehead atoms. The molecule has 3 unspecified atom stereocenters. The lowest BCUT2D eigenvalue weighted by Gasteiger charge is -2.44. The average molecular weight is 627 g/mol. The number of carbonyl (C=O) groups excluding carboxylic acids is 2. The molecular formula is C34H49ClN5O2S+. The Morgan fingerprint density at radius 3 is 2.47 bits per heavy atom. The first kappa shape index (κ1) is 32.3. The number of thiol groups is 1. The molecule has 234 valence electrons. The van der Waals surface area contributed by atoms with Crippen LogP contribution in [0.1, 0.15) is 68.2 Å². The minimum atomic E-state index is -0.611. The Bertz CT molecular complexity index is 1200. The number of piperazine rings is 1. The van der Waals surface area contributed by atoms with Crippen LogP contribution in [0.5, 0.6) is 0 Å². The van der Waals surface area contributed by atoms with Crippen molar-refractivity contribution >= 4 is 35.4 Å². The van der Waals surface area contributed by atoms with Crippen molar-refractivity contribution in [2.75, 3.05) is 45.5 Å². The highest BCUT2D eigenvalue weighted by atomic mass is 35.5. The van der Waals surface area contributed by atoms with Gasteiger partial charge in [0.2, 0.25) is 11.8 Å². The smallest absolute Gasteiger partial charge is 0.245 e. The molecule has 2 N–H and O–H groups in total. The Morgan fingerprint density at radius 2 is 1.77 bits per heavy atom. The number of nitrogens with zero attached hydrogens (tertiary/aromatic N) is 3. The van der Waals surface area contributed by atoms with Gasteiger partial charge >= 0.3 is 0 Å². The SMILES string of the molecule is CCN(CC(C1CCCCC1)N1CCN(C(=O)C(Cc2ccc(Cl)cc2)NC(=O)CC2NCc3ccccc32)CC1)[SH+]C. The predicted octanol–water partition coefficient (Wildman–Crippen LogP) is 4.38. The monoisotopic (exact) mass is 626 g/mol. The summed E-state index contributed by atoms with van der Waals surface area (Å²) in [5.41, 5.74) is 3.40.